The molecular formula is C10H8OS. The number of hydrogen-bond acceptors (Lipinski definition) is 2. The third-order valence-electron chi connectivity index (χ3n) is 1.74. The second-order valence-corrected chi connectivity index (χ2v) is 3.64. The standard InChI is InChI=1S/C10H8OS/c11-9-6-5-8-3-1-2-4-10(8)12-7-9/h1-6H,7H2. The first-order valence-electron chi connectivity index (χ1n) is 3.79. The van der Waals surface area contributed by atoms with Crippen LogP contribution in [0.4, 0.5) is 0 Å². The summed E-state index contributed by atoms with van der Waals surface area (Å²) in [6.45, 7) is 0. The van der Waals surface area contributed by atoms with Gasteiger partial charge in [0.05, 0.1) is 5.75 Å². The zero-order valence-corrected chi connectivity index (χ0v) is 7.30. The Hall–Kier alpha value is -1.02. The number of allylic oxidation sites excluding steroid dienone is 1. The molecule has 0 radical (unpaired) electrons. The number of rotatable bonds is 0. The van der Waals surface area contributed by atoms with Gasteiger partial charge in [-0.3, -0.25) is 4.79 Å². The number of ketones is 1. The number of thioether (sulfide) groups is 1. The highest BCUT2D eigenvalue weighted by Crippen LogP contribution is 2.25. The zero-order valence-electron chi connectivity index (χ0n) is 6.49. The van der Waals surface area contributed by atoms with E-state index in [1.165, 1.54) is 4.90 Å². The quantitative estimate of drug-likeness (QED) is 0.603. The minimum Gasteiger partial charge on any atom is -0.294 e. The van der Waals surface area contributed by atoms with Crippen LogP contribution in [0.5, 0.6) is 0 Å². The van der Waals surface area contributed by atoms with E-state index in [1.54, 1.807) is 17.8 Å². The van der Waals surface area contributed by atoms with Crippen LogP contribution in [0.2, 0.25) is 0 Å². The predicted molar refractivity (Wildman–Crippen MR) is 51.2 cm³/mol. The van der Waals surface area contributed by atoms with Crippen molar-refractivity contribution in [2.75, 3.05) is 5.75 Å². The van der Waals surface area contributed by atoms with Crippen molar-refractivity contribution in [3.05, 3.63) is 35.9 Å². The van der Waals surface area contributed by atoms with E-state index in [0.29, 0.717) is 5.75 Å². The van der Waals surface area contributed by atoms with Gasteiger partial charge in [0.1, 0.15) is 0 Å². The number of hydrogen-bond donors (Lipinski definition) is 0. The number of benzene rings is 1. The Labute approximate surface area is 75.5 Å². The SMILES string of the molecule is O=C1C=Cc2ccccc2SC1. The van der Waals surface area contributed by atoms with Crippen LogP contribution in [-0.2, 0) is 4.79 Å². The van der Waals surface area contributed by atoms with Crippen LogP contribution < -0.4 is 0 Å². The van der Waals surface area contributed by atoms with Crippen molar-refractivity contribution in [1.82, 2.24) is 0 Å². The molecular weight excluding hydrogens is 168 g/mol. The summed E-state index contributed by atoms with van der Waals surface area (Å²) in [6.07, 6.45) is 3.54. The van der Waals surface area contributed by atoms with E-state index in [0.717, 1.165) is 5.56 Å². The average Bonchev–Trinajstić information content (AvgIpc) is 2.29. The fourth-order valence-corrected chi connectivity index (χ4v) is 2.00. The molecule has 0 N–H and O–H groups in total. The van der Waals surface area contributed by atoms with Gasteiger partial charge in [-0.2, -0.15) is 0 Å². The summed E-state index contributed by atoms with van der Waals surface area (Å²) in [4.78, 5) is 12.2. The van der Waals surface area contributed by atoms with Crippen LogP contribution in [0.1, 0.15) is 5.56 Å². The summed E-state index contributed by atoms with van der Waals surface area (Å²) in [5.74, 6) is 0.754. The molecule has 0 spiro atoms. The minimum atomic E-state index is 0.191. The lowest BCUT2D eigenvalue weighted by atomic mass is 10.2. The van der Waals surface area contributed by atoms with Gasteiger partial charge in [-0.15, -0.1) is 11.8 Å². The van der Waals surface area contributed by atoms with Gasteiger partial charge in [-0.05, 0) is 17.7 Å². The molecule has 0 aliphatic carbocycles. The Morgan fingerprint density at radius 2 is 2.00 bits per heavy atom. The highest BCUT2D eigenvalue weighted by Gasteiger charge is 2.06. The van der Waals surface area contributed by atoms with E-state index in [2.05, 4.69) is 0 Å². The van der Waals surface area contributed by atoms with Crippen LogP contribution in [0.15, 0.2) is 35.2 Å². The molecule has 2 rings (SSSR count). The lowest BCUT2D eigenvalue weighted by molar-refractivity contribution is -0.112. The fourth-order valence-electron chi connectivity index (χ4n) is 1.13. The maximum Gasteiger partial charge on any atom is 0.165 e. The topological polar surface area (TPSA) is 17.1 Å². The van der Waals surface area contributed by atoms with Crippen molar-refractivity contribution in [2.24, 2.45) is 0 Å². The highest BCUT2D eigenvalue weighted by atomic mass is 32.2. The molecule has 12 heavy (non-hydrogen) atoms. The first-order chi connectivity index (χ1) is 5.86. The second kappa shape index (κ2) is 3.15. The van der Waals surface area contributed by atoms with E-state index in [-0.39, 0.29) is 5.78 Å². The van der Waals surface area contributed by atoms with Gasteiger partial charge >= 0.3 is 0 Å². The summed E-state index contributed by atoms with van der Waals surface area (Å²) >= 11 is 1.61. The molecule has 0 unspecified atom stereocenters. The van der Waals surface area contributed by atoms with Crippen molar-refractivity contribution >= 4 is 23.6 Å². The molecule has 60 valence electrons. The predicted octanol–water partition coefficient (Wildman–Crippen LogP) is 2.37. The summed E-state index contributed by atoms with van der Waals surface area (Å²) in [5, 5.41) is 0. The van der Waals surface area contributed by atoms with Crippen LogP contribution in [0.25, 0.3) is 6.08 Å². The Bertz CT molecular complexity index is 341. The van der Waals surface area contributed by atoms with Gasteiger partial charge in [0.15, 0.2) is 5.78 Å². The van der Waals surface area contributed by atoms with Crippen LogP contribution in [0, 0.1) is 0 Å². The summed E-state index contributed by atoms with van der Waals surface area (Å²) < 4.78 is 0. The van der Waals surface area contributed by atoms with E-state index >= 15 is 0 Å². The third-order valence-corrected chi connectivity index (χ3v) is 2.85. The number of fused-ring (bicyclic) bond motifs is 1. The molecule has 1 nitrogen and oxygen atoms in total. The lowest BCUT2D eigenvalue weighted by Gasteiger charge is -1.99. The highest BCUT2D eigenvalue weighted by molar-refractivity contribution is 8.00. The molecule has 0 bridgehead atoms. The van der Waals surface area contributed by atoms with Crippen LogP contribution in [0.3, 0.4) is 0 Å². The van der Waals surface area contributed by atoms with Gasteiger partial charge < -0.3 is 0 Å². The van der Waals surface area contributed by atoms with Crippen molar-refractivity contribution < 1.29 is 4.79 Å². The average molecular weight is 176 g/mol. The van der Waals surface area contributed by atoms with Crippen LogP contribution in [-0.4, -0.2) is 11.5 Å². The van der Waals surface area contributed by atoms with Gasteiger partial charge in [0, 0.05) is 4.90 Å². The molecule has 0 saturated carbocycles. The van der Waals surface area contributed by atoms with Crippen molar-refractivity contribution in [1.29, 1.82) is 0 Å². The molecule has 1 aliphatic heterocycles. The van der Waals surface area contributed by atoms with Crippen molar-refractivity contribution in [3.8, 4) is 0 Å². The Kier molecular flexibility index (Phi) is 2.00. The maximum absolute atomic E-state index is 11.0. The van der Waals surface area contributed by atoms with Crippen molar-refractivity contribution in [3.63, 3.8) is 0 Å². The van der Waals surface area contributed by atoms with E-state index < -0.39 is 0 Å². The number of carbonyl (C=O) groups is 1. The Balaban J connectivity index is 2.45. The normalized spacial score (nSPS) is 15.5. The van der Waals surface area contributed by atoms with Gasteiger partial charge in [0.2, 0.25) is 0 Å². The largest absolute Gasteiger partial charge is 0.294 e. The first-order valence-corrected chi connectivity index (χ1v) is 4.77. The summed E-state index contributed by atoms with van der Waals surface area (Å²) in [6, 6.07) is 8.05. The summed E-state index contributed by atoms with van der Waals surface area (Å²) in [5.41, 5.74) is 1.15. The minimum absolute atomic E-state index is 0.191. The van der Waals surface area contributed by atoms with Crippen LogP contribution >= 0.6 is 11.8 Å². The molecule has 1 aliphatic rings. The Morgan fingerprint density at radius 1 is 1.17 bits per heavy atom. The third kappa shape index (κ3) is 1.43. The Morgan fingerprint density at radius 3 is 2.92 bits per heavy atom. The molecule has 1 heterocycles. The maximum atomic E-state index is 11.0. The number of carbonyl (C=O) groups excluding carboxylic acids is 1. The molecule has 2 heteroatoms. The van der Waals surface area contributed by atoms with Gasteiger partial charge in [0.25, 0.3) is 0 Å². The first kappa shape index (κ1) is 7.62. The summed E-state index contributed by atoms with van der Waals surface area (Å²) in [7, 11) is 0. The molecule has 0 aromatic heterocycles. The molecule has 0 fully saturated rings. The zero-order chi connectivity index (χ0) is 8.39. The van der Waals surface area contributed by atoms with E-state index in [9.17, 15) is 4.79 Å². The monoisotopic (exact) mass is 176 g/mol. The molecule has 0 saturated heterocycles. The molecule has 1 aromatic rings. The fraction of sp³-hybridized carbons (Fsp3) is 0.100. The van der Waals surface area contributed by atoms with Gasteiger partial charge in [-0.25, -0.2) is 0 Å². The second-order valence-electron chi connectivity index (χ2n) is 2.63. The van der Waals surface area contributed by atoms with E-state index in [1.807, 2.05) is 30.3 Å². The van der Waals surface area contributed by atoms with Crippen molar-refractivity contribution in [2.45, 2.75) is 4.90 Å². The van der Waals surface area contributed by atoms with Gasteiger partial charge in [-0.1, -0.05) is 24.3 Å². The smallest absolute Gasteiger partial charge is 0.165 e. The molecule has 0 atom stereocenters. The molecule has 0 amide bonds. The molecule has 1 aromatic carbocycles. The van der Waals surface area contributed by atoms with E-state index in [4.69, 9.17) is 0 Å². The lowest BCUT2D eigenvalue weighted by Crippen LogP contribution is -1.92.